The van der Waals surface area contributed by atoms with Gasteiger partial charge < -0.3 is 19.2 Å². The highest BCUT2D eigenvalue weighted by Crippen LogP contribution is 2.33. The molecular formula is C17H19BN2O5. The fraction of sp³-hybridized carbons (Fsp3) is 0.353. The normalized spacial score (nSPS) is 15.8. The molecule has 0 aliphatic carbocycles. The Hall–Kier alpha value is -2.45. The lowest BCUT2D eigenvalue weighted by atomic mass is 9.77. The van der Waals surface area contributed by atoms with E-state index in [9.17, 15) is 9.82 Å². The van der Waals surface area contributed by atoms with Gasteiger partial charge in [0.1, 0.15) is 5.75 Å². The van der Waals surface area contributed by atoms with Gasteiger partial charge in [0.25, 0.3) is 0 Å². The average molecular weight is 342 g/mol. The number of hydrogen-bond acceptors (Lipinski definition) is 7. The summed E-state index contributed by atoms with van der Waals surface area (Å²) in [6.45, 7) is 5.78. The SMILES string of the molecule is CCOC(=O)CC1OB(O)c2cc(Oc3cnc(C)cn3)cc(C)c21. The van der Waals surface area contributed by atoms with Crippen LogP contribution in [-0.2, 0) is 14.2 Å². The molecule has 2 heterocycles. The lowest BCUT2D eigenvalue weighted by Gasteiger charge is -2.14. The van der Waals surface area contributed by atoms with E-state index in [1.165, 1.54) is 6.20 Å². The molecule has 1 N–H and O–H groups in total. The van der Waals surface area contributed by atoms with Crippen LogP contribution in [0.2, 0.25) is 0 Å². The first kappa shape index (κ1) is 17.4. The van der Waals surface area contributed by atoms with Gasteiger partial charge in [-0.1, -0.05) is 0 Å². The smallest absolute Gasteiger partial charge is 0.466 e. The largest absolute Gasteiger partial charge is 0.492 e. The van der Waals surface area contributed by atoms with Gasteiger partial charge in [-0.25, -0.2) is 4.98 Å². The van der Waals surface area contributed by atoms with Crippen LogP contribution in [0.1, 0.15) is 36.3 Å². The molecule has 2 aromatic rings. The third-order valence-corrected chi connectivity index (χ3v) is 3.91. The average Bonchev–Trinajstić information content (AvgIpc) is 2.86. The summed E-state index contributed by atoms with van der Waals surface area (Å²) in [6.07, 6.45) is 2.68. The first-order chi connectivity index (χ1) is 12.0. The van der Waals surface area contributed by atoms with Gasteiger partial charge in [-0.05, 0) is 49.5 Å². The number of fused-ring (bicyclic) bond motifs is 1. The minimum atomic E-state index is -1.11. The highest BCUT2D eigenvalue weighted by Gasteiger charge is 2.38. The highest BCUT2D eigenvalue weighted by atomic mass is 16.5. The van der Waals surface area contributed by atoms with E-state index < -0.39 is 13.2 Å². The molecule has 0 amide bonds. The highest BCUT2D eigenvalue weighted by molar-refractivity contribution is 6.62. The zero-order chi connectivity index (χ0) is 18.0. The van der Waals surface area contributed by atoms with Crippen LogP contribution < -0.4 is 10.2 Å². The van der Waals surface area contributed by atoms with Crippen LogP contribution in [0.25, 0.3) is 0 Å². The first-order valence-corrected chi connectivity index (χ1v) is 8.08. The molecule has 1 aromatic heterocycles. The predicted molar refractivity (Wildman–Crippen MR) is 90.7 cm³/mol. The van der Waals surface area contributed by atoms with Gasteiger partial charge in [0.15, 0.2) is 0 Å². The van der Waals surface area contributed by atoms with Gasteiger partial charge in [0, 0.05) is 0 Å². The lowest BCUT2D eigenvalue weighted by Crippen LogP contribution is -2.28. The van der Waals surface area contributed by atoms with Gasteiger partial charge in [-0.15, -0.1) is 0 Å². The van der Waals surface area contributed by atoms with E-state index in [2.05, 4.69) is 9.97 Å². The molecule has 1 aromatic carbocycles. The molecule has 1 aliphatic heterocycles. The molecule has 1 aliphatic rings. The Balaban J connectivity index is 1.84. The summed E-state index contributed by atoms with van der Waals surface area (Å²) in [5.41, 5.74) is 3.04. The van der Waals surface area contributed by atoms with Gasteiger partial charge in [-0.3, -0.25) is 9.78 Å². The zero-order valence-corrected chi connectivity index (χ0v) is 14.4. The van der Waals surface area contributed by atoms with Gasteiger partial charge >= 0.3 is 13.1 Å². The van der Waals surface area contributed by atoms with Crippen molar-refractivity contribution in [3.63, 3.8) is 0 Å². The number of esters is 1. The summed E-state index contributed by atoms with van der Waals surface area (Å²) < 4.78 is 16.2. The number of benzene rings is 1. The Kier molecular flexibility index (Phi) is 5.01. The van der Waals surface area contributed by atoms with Crippen LogP contribution >= 0.6 is 0 Å². The van der Waals surface area contributed by atoms with Crippen molar-refractivity contribution in [3.8, 4) is 11.6 Å². The summed E-state index contributed by atoms with van der Waals surface area (Å²) in [7, 11) is -1.11. The molecule has 0 radical (unpaired) electrons. The minimum absolute atomic E-state index is 0.0579. The van der Waals surface area contributed by atoms with E-state index in [-0.39, 0.29) is 12.4 Å². The second kappa shape index (κ2) is 7.20. The maximum atomic E-state index is 11.7. The molecule has 0 fully saturated rings. The Bertz CT molecular complexity index is 781. The quantitative estimate of drug-likeness (QED) is 0.652. The van der Waals surface area contributed by atoms with Crippen molar-refractivity contribution < 1.29 is 23.9 Å². The molecule has 0 spiro atoms. The van der Waals surface area contributed by atoms with Crippen LogP contribution in [-0.4, -0.2) is 34.7 Å². The predicted octanol–water partition coefficient (Wildman–Crippen LogP) is 1.60. The number of rotatable bonds is 5. The van der Waals surface area contributed by atoms with Crippen molar-refractivity contribution in [2.75, 3.05) is 6.61 Å². The molecule has 130 valence electrons. The monoisotopic (exact) mass is 342 g/mol. The fourth-order valence-electron chi connectivity index (χ4n) is 2.87. The second-order valence-electron chi connectivity index (χ2n) is 5.83. The van der Waals surface area contributed by atoms with Crippen molar-refractivity contribution in [1.29, 1.82) is 0 Å². The lowest BCUT2D eigenvalue weighted by molar-refractivity contribution is -0.145. The Morgan fingerprint density at radius 1 is 1.32 bits per heavy atom. The Morgan fingerprint density at radius 3 is 2.80 bits per heavy atom. The summed E-state index contributed by atoms with van der Waals surface area (Å²) >= 11 is 0. The van der Waals surface area contributed by atoms with Gasteiger partial charge in [-0.2, -0.15) is 0 Å². The van der Waals surface area contributed by atoms with E-state index in [0.29, 0.717) is 23.7 Å². The van der Waals surface area contributed by atoms with Crippen molar-refractivity contribution in [2.24, 2.45) is 0 Å². The maximum absolute atomic E-state index is 11.7. The third-order valence-electron chi connectivity index (χ3n) is 3.91. The molecule has 25 heavy (non-hydrogen) atoms. The molecular weight excluding hydrogens is 323 g/mol. The van der Waals surface area contributed by atoms with Crippen LogP contribution in [0.5, 0.6) is 11.6 Å². The molecule has 0 saturated carbocycles. The Morgan fingerprint density at radius 2 is 2.12 bits per heavy atom. The summed E-state index contributed by atoms with van der Waals surface area (Å²) in [4.78, 5) is 20.0. The van der Waals surface area contributed by atoms with Crippen LogP contribution in [0.15, 0.2) is 24.5 Å². The third kappa shape index (κ3) is 3.80. The molecule has 3 rings (SSSR count). The molecule has 1 unspecified atom stereocenters. The standard InChI is InChI=1S/C17H19BN2O5/c1-4-23-16(21)7-14-17-10(2)5-12(6-13(17)18(22)25-14)24-15-9-19-11(3)8-20-15/h5-6,8-9,14,22H,4,7H2,1-3H3. The summed E-state index contributed by atoms with van der Waals surface area (Å²) in [6, 6.07) is 3.51. The molecule has 8 heteroatoms. The number of nitrogens with zero attached hydrogens (tertiary/aromatic N) is 2. The number of hydrogen-bond donors (Lipinski definition) is 1. The maximum Gasteiger partial charge on any atom is 0.492 e. The van der Waals surface area contributed by atoms with Crippen molar-refractivity contribution in [3.05, 3.63) is 41.3 Å². The molecule has 1 atom stereocenters. The van der Waals surface area contributed by atoms with Crippen LogP contribution in [0.3, 0.4) is 0 Å². The fourth-order valence-corrected chi connectivity index (χ4v) is 2.87. The van der Waals surface area contributed by atoms with Crippen molar-refractivity contribution in [1.82, 2.24) is 9.97 Å². The number of aryl methyl sites for hydroxylation is 2. The first-order valence-electron chi connectivity index (χ1n) is 8.08. The van der Waals surface area contributed by atoms with Crippen LogP contribution in [0, 0.1) is 13.8 Å². The number of carbonyl (C=O) groups excluding carboxylic acids is 1. The molecule has 7 nitrogen and oxygen atoms in total. The topological polar surface area (TPSA) is 90.8 Å². The van der Waals surface area contributed by atoms with E-state index >= 15 is 0 Å². The minimum Gasteiger partial charge on any atom is -0.466 e. The van der Waals surface area contributed by atoms with E-state index in [1.807, 2.05) is 19.9 Å². The van der Waals surface area contributed by atoms with Crippen LogP contribution in [0.4, 0.5) is 0 Å². The van der Waals surface area contributed by atoms with E-state index in [1.54, 1.807) is 19.2 Å². The Labute approximate surface area is 146 Å². The number of aromatic nitrogens is 2. The summed E-state index contributed by atoms with van der Waals surface area (Å²) in [5, 5.41) is 10.2. The van der Waals surface area contributed by atoms with Crippen molar-refractivity contribution >= 4 is 18.6 Å². The second-order valence-corrected chi connectivity index (χ2v) is 5.83. The molecule has 0 bridgehead atoms. The summed E-state index contributed by atoms with van der Waals surface area (Å²) in [5.74, 6) is 0.525. The zero-order valence-electron chi connectivity index (χ0n) is 14.4. The van der Waals surface area contributed by atoms with Crippen molar-refractivity contribution in [2.45, 2.75) is 33.3 Å². The van der Waals surface area contributed by atoms with Gasteiger partial charge in [0.05, 0.1) is 37.2 Å². The number of carbonyl (C=O) groups is 1. The number of ether oxygens (including phenoxy) is 2. The van der Waals surface area contributed by atoms with Gasteiger partial charge in [0.2, 0.25) is 5.88 Å². The van der Waals surface area contributed by atoms with E-state index in [0.717, 1.165) is 16.8 Å². The molecule has 0 saturated heterocycles. The van der Waals surface area contributed by atoms with E-state index in [4.69, 9.17) is 14.1 Å².